The quantitative estimate of drug-likeness (QED) is 0.518. The van der Waals surface area contributed by atoms with Gasteiger partial charge in [0.25, 0.3) is 0 Å². The van der Waals surface area contributed by atoms with Crippen molar-refractivity contribution in [2.24, 2.45) is 0 Å². The molecule has 0 spiro atoms. The zero-order valence-electron chi connectivity index (χ0n) is 14.3. The fourth-order valence-corrected chi connectivity index (χ4v) is 2.74. The number of hydrogen-bond donors (Lipinski definition) is 0. The normalized spacial score (nSPS) is 13.1. The Bertz CT molecular complexity index is 649. The number of ketones is 1. The van der Waals surface area contributed by atoms with Gasteiger partial charge < -0.3 is 4.74 Å². The molecule has 0 saturated heterocycles. The van der Waals surface area contributed by atoms with E-state index in [-0.39, 0.29) is 17.7 Å². The molecule has 0 fully saturated rings. The minimum Gasteiger partial charge on any atom is -0.453 e. The molecule has 0 aliphatic heterocycles. The highest BCUT2D eigenvalue weighted by Gasteiger charge is 2.27. The Morgan fingerprint density at radius 2 is 1.50 bits per heavy atom. The van der Waals surface area contributed by atoms with Crippen molar-refractivity contribution in [3.63, 3.8) is 0 Å². The van der Waals surface area contributed by atoms with Crippen LogP contribution in [0.25, 0.3) is 0 Å². The van der Waals surface area contributed by atoms with E-state index >= 15 is 0 Å². The fraction of sp³-hybridized carbons (Fsp3) is 0.333. The Hall–Kier alpha value is -2.42. The van der Waals surface area contributed by atoms with Gasteiger partial charge in [0.15, 0.2) is 6.10 Å². The van der Waals surface area contributed by atoms with Crippen LogP contribution in [0.5, 0.6) is 0 Å². The molecule has 0 N–H and O–H groups in total. The van der Waals surface area contributed by atoms with Crippen molar-refractivity contribution in [2.75, 3.05) is 0 Å². The summed E-state index contributed by atoms with van der Waals surface area (Å²) in [5, 5.41) is 0. The van der Waals surface area contributed by atoms with E-state index in [0.29, 0.717) is 18.4 Å². The predicted octanol–water partition coefficient (Wildman–Crippen LogP) is 4.78. The number of carbonyl (C=O) groups excluding carboxylic acids is 2. The molecule has 0 heterocycles. The van der Waals surface area contributed by atoms with Crippen molar-refractivity contribution in [3.05, 3.63) is 71.8 Å². The number of Topliss-reactive ketones (excluding diaryl/α,β-unsaturated/α-hetero) is 1. The molecule has 0 aliphatic rings. The van der Waals surface area contributed by atoms with Crippen molar-refractivity contribution < 1.29 is 14.3 Å². The summed E-state index contributed by atoms with van der Waals surface area (Å²) in [4.78, 5) is 25.3. The largest absolute Gasteiger partial charge is 0.453 e. The summed E-state index contributed by atoms with van der Waals surface area (Å²) in [5.41, 5.74) is 1.50. The minimum atomic E-state index is -0.720. The topological polar surface area (TPSA) is 43.4 Å². The van der Waals surface area contributed by atoms with Crippen LogP contribution in [0, 0.1) is 0 Å². The molecule has 2 aromatic carbocycles. The van der Waals surface area contributed by atoms with Crippen LogP contribution in [0.15, 0.2) is 60.7 Å². The van der Waals surface area contributed by atoms with E-state index in [0.717, 1.165) is 12.0 Å². The van der Waals surface area contributed by atoms with Crippen LogP contribution in [0.1, 0.15) is 54.9 Å². The first-order chi connectivity index (χ1) is 11.7. The third kappa shape index (κ3) is 4.54. The number of esters is 1. The van der Waals surface area contributed by atoms with Crippen molar-refractivity contribution in [2.45, 2.75) is 45.1 Å². The van der Waals surface area contributed by atoms with Gasteiger partial charge in [0, 0.05) is 5.56 Å². The predicted molar refractivity (Wildman–Crippen MR) is 95.0 cm³/mol. The highest BCUT2D eigenvalue weighted by atomic mass is 16.5. The molecule has 0 aliphatic carbocycles. The molecule has 3 nitrogen and oxygen atoms in total. The summed E-state index contributed by atoms with van der Waals surface area (Å²) in [7, 11) is 0. The Balaban J connectivity index is 2.14. The number of rotatable bonds is 8. The fourth-order valence-electron chi connectivity index (χ4n) is 2.74. The Kier molecular flexibility index (Phi) is 6.74. The van der Waals surface area contributed by atoms with Gasteiger partial charge in [0.2, 0.25) is 5.78 Å². The average Bonchev–Trinajstić information content (AvgIpc) is 2.63. The lowest BCUT2D eigenvalue weighted by atomic mass is 9.96. The monoisotopic (exact) mass is 324 g/mol. The molecule has 0 aromatic heterocycles. The highest BCUT2D eigenvalue weighted by Crippen LogP contribution is 2.23. The Morgan fingerprint density at radius 3 is 2.04 bits per heavy atom. The number of carbonyl (C=O) groups is 2. The second kappa shape index (κ2) is 9.02. The van der Waals surface area contributed by atoms with Crippen molar-refractivity contribution in [3.8, 4) is 0 Å². The zero-order valence-corrected chi connectivity index (χ0v) is 14.3. The first kappa shape index (κ1) is 17.9. The van der Waals surface area contributed by atoms with Crippen molar-refractivity contribution in [1.29, 1.82) is 0 Å². The van der Waals surface area contributed by atoms with Crippen LogP contribution in [0.4, 0.5) is 0 Å². The van der Waals surface area contributed by atoms with Gasteiger partial charge in [-0.05, 0) is 18.4 Å². The third-order valence-electron chi connectivity index (χ3n) is 4.05. The number of ether oxygens (including phenoxy) is 1. The van der Waals surface area contributed by atoms with Gasteiger partial charge in [0.1, 0.15) is 0 Å². The minimum absolute atomic E-state index is 0.131. The summed E-state index contributed by atoms with van der Waals surface area (Å²) < 4.78 is 5.63. The van der Waals surface area contributed by atoms with E-state index in [4.69, 9.17) is 4.74 Å². The van der Waals surface area contributed by atoms with Crippen molar-refractivity contribution >= 4 is 11.8 Å². The maximum absolute atomic E-state index is 12.6. The average molecular weight is 324 g/mol. The molecule has 3 heteroatoms. The van der Waals surface area contributed by atoms with E-state index in [1.165, 1.54) is 0 Å². The lowest BCUT2D eigenvalue weighted by Gasteiger charge is -2.20. The molecule has 24 heavy (non-hydrogen) atoms. The molecule has 2 unspecified atom stereocenters. The first-order valence-electron chi connectivity index (χ1n) is 8.52. The van der Waals surface area contributed by atoms with Gasteiger partial charge in [-0.15, -0.1) is 0 Å². The summed E-state index contributed by atoms with van der Waals surface area (Å²) in [6, 6.07) is 18.6. The van der Waals surface area contributed by atoms with E-state index < -0.39 is 6.10 Å². The summed E-state index contributed by atoms with van der Waals surface area (Å²) in [5.74, 6) is -0.797. The summed E-state index contributed by atoms with van der Waals surface area (Å²) >= 11 is 0. The third-order valence-corrected chi connectivity index (χ3v) is 4.05. The zero-order chi connectivity index (χ0) is 17.4. The Morgan fingerprint density at radius 1 is 0.917 bits per heavy atom. The molecule has 0 radical (unpaired) electrons. The smallest absolute Gasteiger partial charge is 0.314 e. The molecular weight excluding hydrogens is 300 g/mol. The first-order valence-corrected chi connectivity index (χ1v) is 8.52. The highest BCUT2D eigenvalue weighted by molar-refractivity contribution is 6.00. The van der Waals surface area contributed by atoms with Crippen LogP contribution in [-0.2, 0) is 9.53 Å². The van der Waals surface area contributed by atoms with Crippen LogP contribution in [0.2, 0.25) is 0 Å². The standard InChI is InChI=1S/C21H24O3/c1-3-11-19(20(22)17-14-9-6-10-15-17)24-21(23)18(4-2)16-12-7-5-8-13-16/h5-10,12-15,18-19H,3-4,11H2,1-2H3. The molecule has 2 atom stereocenters. The maximum Gasteiger partial charge on any atom is 0.314 e. The number of hydrogen-bond acceptors (Lipinski definition) is 3. The van der Waals surface area contributed by atoms with Gasteiger partial charge in [-0.3, -0.25) is 9.59 Å². The SMILES string of the molecule is CCCC(OC(=O)C(CC)c1ccccc1)C(=O)c1ccccc1. The van der Waals surface area contributed by atoms with Gasteiger partial charge in [-0.25, -0.2) is 0 Å². The lowest BCUT2D eigenvalue weighted by molar-refractivity contribution is -0.149. The molecular formula is C21H24O3. The molecule has 0 saturated carbocycles. The second-order valence-corrected chi connectivity index (χ2v) is 5.82. The molecule has 126 valence electrons. The Labute approximate surface area is 143 Å². The lowest BCUT2D eigenvalue weighted by Crippen LogP contribution is -2.30. The van der Waals surface area contributed by atoms with Crippen molar-refractivity contribution in [1.82, 2.24) is 0 Å². The van der Waals surface area contributed by atoms with Crippen LogP contribution >= 0.6 is 0 Å². The van der Waals surface area contributed by atoms with Crippen LogP contribution < -0.4 is 0 Å². The maximum atomic E-state index is 12.6. The van der Waals surface area contributed by atoms with E-state index in [9.17, 15) is 9.59 Å². The molecule has 2 rings (SSSR count). The summed E-state index contributed by atoms with van der Waals surface area (Å²) in [6.07, 6.45) is 1.23. The molecule has 0 bridgehead atoms. The summed E-state index contributed by atoms with van der Waals surface area (Å²) in [6.45, 7) is 3.93. The number of benzene rings is 2. The second-order valence-electron chi connectivity index (χ2n) is 5.82. The van der Waals surface area contributed by atoms with Gasteiger partial charge in [-0.2, -0.15) is 0 Å². The van der Waals surface area contributed by atoms with Gasteiger partial charge in [0.05, 0.1) is 5.92 Å². The molecule has 0 amide bonds. The molecule has 2 aromatic rings. The van der Waals surface area contributed by atoms with Crippen LogP contribution in [-0.4, -0.2) is 17.9 Å². The van der Waals surface area contributed by atoms with Gasteiger partial charge in [-0.1, -0.05) is 80.9 Å². The van der Waals surface area contributed by atoms with E-state index in [2.05, 4.69) is 0 Å². The van der Waals surface area contributed by atoms with Gasteiger partial charge >= 0.3 is 5.97 Å². The van der Waals surface area contributed by atoms with E-state index in [1.54, 1.807) is 12.1 Å². The van der Waals surface area contributed by atoms with Crippen LogP contribution in [0.3, 0.4) is 0 Å². The van der Waals surface area contributed by atoms with E-state index in [1.807, 2.05) is 62.4 Å².